The predicted molar refractivity (Wildman–Crippen MR) is 53.6 cm³/mol. The first kappa shape index (κ1) is 11.4. The third kappa shape index (κ3) is 4.32. The van der Waals surface area contributed by atoms with Crippen LogP contribution in [0.4, 0.5) is 0 Å². The van der Waals surface area contributed by atoms with Crippen LogP contribution in [0, 0.1) is 22.7 Å². The van der Waals surface area contributed by atoms with Gasteiger partial charge in [0, 0.05) is 13.9 Å². The van der Waals surface area contributed by atoms with E-state index in [4.69, 9.17) is 10.5 Å². The highest BCUT2D eigenvalue weighted by molar-refractivity contribution is 7.75. The van der Waals surface area contributed by atoms with E-state index in [1.54, 1.807) is 0 Å². The molecule has 3 heteroatoms. The lowest BCUT2D eigenvalue weighted by Gasteiger charge is -2.18. The standard InChI is InChI=1S/C9H16N2P/c1-3-12(2,8-4-6-10)9-5-7-11/h3-5,8-9H2,1-2H3/q+1. The van der Waals surface area contributed by atoms with Crippen molar-refractivity contribution >= 4 is 7.26 Å². The van der Waals surface area contributed by atoms with Crippen LogP contribution in [-0.2, 0) is 0 Å². The fraction of sp³-hybridized carbons (Fsp3) is 0.778. The maximum Gasteiger partial charge on any atom is 0.0722 e. The van der Waals surface area contributed by atoms with Crippen LogP contribution < -0.4 is 0 Å². The van der Waals surface area contributed by atoms with Gasteiger partial charge < -0.3 is 0 Å². The van der Waals surface area contributed by atoms with E-state index in [-0.39, 0.29) is 0 Å². The Kier molecular flexibility index (Phi) is 5.69. The summed E-state index contributed by atoms with van der Waals surface area (Å²) in [5.41, 5.74) is 0. The number of rotatable bonds is 5. The van der Waals surface area contributed by atoms with E-state index in [1.165, 1.54) is 0 Å². The van der Waals surface area contributed by atoms with Gasteiger partial charge in [-0.1, -0.05) is 0 Å². The van der Waals surface area contributed by atoms with Gasteiger partial charge in [0.15, 0.2) is 0 Å². The molecule has 0 aromatic heterocycles. The van der Waals surface area contributed by atoms with Gasteiger partial charge in [-0.2, -0.15) is 10.5 Å². The molecule has 0 rings (SSSR count). The number of nitriles is 2. The molecule has 0 amide bonds. The number of hydrogen-bond donors (Lipinski definition) is 0. The fourth-order valence-electron chi connectivity index (χ4n) is 1.07. The average molecular weight is 183 g/mol. The Balaban J connectivity index is 3.90. The molecule has 0 fully saturated rings. The minimum Gasteiger partial charge on any atom is -0.198 e. The van der Waals surface area contributed by atoms with E-state index in [0.29, 0.717) is 12.8 Å². The number of nitrogens with zero attached hydrogens (tertiary/aromatic N) is 2. The second-order valence-corrected chi connectivity index (χ2v) is 7.97. The Hall–Kier alpha value is -0.590. The smallest absolute Gasteiger partial charge is 0.0722 e. The van der Waals surface area contributed by atoms with Gasteiger partial charge in [0.1, 0.15) is 0 Å². The zero-order valence-electron chi connectivity index (χ0n) is 7.88. The van der Waals surface area contributed by atoms with Gasteiger partial charge in [-0.15, -0.1) is 0 Å². The van der Waals surface area contributed by atoms with Crippen LogP contribution >= 0.6 is 7.26 Å². The summed E-state index contributed by atoms with van der Waals surface area (Å²) >= 11 is 0. The molecule has 0 heterocycles. The summed E-state index contributed by atoms with van der Waals surface area (Å²) < 4.78 is 0. The van der Waals surface area contributed by atoms with Gasteiger partial charge in [0.2, 0.25) is 0 Å². The summed E-state index contributed by atoms with van der Waals surface area (Å²) in [4.78, 5) is 0. The maximum atomic E-state index is 8.45. The summed E-state index contributed by atoms with van der Waals surface area (Å²) in [6.07, 6.45) is 4.53. The van der Waals surface area contributed by atoms with Crippen LogP contribution in [0.2, 0.25) is 0 Å². The molecule has 0 unspecified atom stereocenters. The molecule has 0 radical (unpaired) electrons. The largest absolute Gasteiger partial charge is 0.198 e. The van der Waals surface area contributed by atoms with Crippen molar-refractivity contribution in [3.05, 3.63) is 0 Å². The molecule has 0 aliphatic carbocycles. The zero-order valence-corrected chi connectivity index (χ0v) is 8.77. The van der Waals surface area contributed by atoms with Gasteiger partial charge in [-0.3, -0.25) is 0 Å². The van der Waals surface area contributed by atoms with Crippen molar-refractivity contribution in [3.63, 3.8) is 0 Å². The van der Waals surface area contributed by atoms with Gasteiger partial charge >= 0.3 is 0 Å². The van der Waals surface area contributed by atoms with Gasteiger partial charge in [-0.25, -0.2) is 0 Å². The maximum absolute atomic E-state index is 8.45. The highest BCUT2D eigenvalue weighted by Gasteiger charge is 2.27. The van der Waals surface area contributed by atoms with E-state index < -0.39 is 7.26 Å². The zero-order chi connectivity index (χ0) is 9.45. The lowest BCUT2D eigenvalue weighted by molar-refractivity contribution is 1.14. The van der Waals surface area contributed by atoms with Crippen molar-refractivity contribution < 1.29 is 0 Å². The molecule has 2 nitrogen and oxygen atoms in total. The summed E-state index contributed by atoms with van der Waals surface area (Å²) in [6, 6.07) is 4.36. The molecule has 0 aliphatic rings. The second kappa shape index (κ2) is 5.99. The van der Waals surface area contributed by atoms with Crippen molar-refractivity contribution in [2.75, 3.05) is 25.2 Å². The van der Waals surface area contributed by atoms with Crippen LogP contribution in [0.3, 0.4) is 0 Å². The van der Waals surface area contributed by atoms with Gasteiger partial charge in [-0.05, 0) is 6.92 Å². The molecule has 0 saturated heterocycles. The molecule has 0 atom stereocenters. The van der Waals surface area contributed by atoms with Crippen molar-refractivity contribution in [3.8, 4) is 12.1 Å². The summed E-state index contributed by atoms with van der Waals surface area (Å²) in [6.45, 7) is 4.43. The summed E-state index contributed by atoms with van der Waals surface area (Å²) in [7, 11) is -0.928. The molecule has 0 aliphatic heterocycles. The minimum atomic E-state index is -0.928. The average Bonchev–Trinajstić information content (AvgIpc) is 2.11. The molecule has 0 aromatic carbocycles. The Morgan fingerprint density at radius 3 is 1.75 bits per heavy atom. The first-order valence-electron chi connectivity index (χ1n) is 4.26. The first-order chi connectivity index (χ1) is 5.68. The van der Waals surface area contributed by atoms with Crippen LogP contribution in [-0.4, -0.2) is 25.2 Å². The quantitative estimate of drug-likeness (QED) is 0.615. The molecule has 12 heavy (non-hydrogen) atoms. The Labute approximate surface area is 75.5 Å². The highest BCUT2D eigenvalue weighted by Crippen LogP contribution is 2.55. The lowest BCUT2D eigenvalue weighted by atomic mass is 10.5. The predicted octanol–water partition coefficient (Wildman–Crippen LogP) is 2.48. The minimum absolute atomic E-state index is 0.656. The van der Waals surface area contributed by atoms with E-state index in [0.717, 1.165) is 18.5 Å². The lowest BCUT2D eigenvalue weighted by Crippen LogP contribution is -2.04. The van der Waals surface area contributed by atoms with Crippen molar-refractivity contribution in [2.24, 2.45) is 0 Å². The van der Waals surface area contributed by atoms with Gasteiger partial charge in [0.05, 0.1) is 43.5 Å². The van der Waals surface area contributed by atoms with Crippen molar-refractivity contribution in [2.45, 2.75) is 19.8 Å². The van der Waals surface area contributed by atoms with E-state index in [2.05, 4.69) is 25.7 Å². The molecule has 66 valence electrons. The highest BCUT2D eigenvalue weighted by atomic mass is 31.2. The van der Waals surface area contributed by atoms with Crippen LogP contribution in [0.1, 0.15) is 19.8 Å². The van der Waals surface area contributed by atoms with E-state index in [1.807, 2.05) is 0 Å². The number of hydrogen-bond acceptors (Lipinski definition) is 2. The Bertz CT molecular complexity index is 182. The third-order valence-corrected chi connectivity index (χ3v) is 6.42. The third-order valence-electron chi connectivity index (χ3n) is 2.29. The van der Waals surface area contributed by atoms with Crippen molar-refractivity contribution in [1.29, 1.82) is 10.5 Å². The first-order valence-corrected chi connectivity index (χ1v) is 7.05. The molecule has 0 N–H and O–H groups in total. The van der Waals surface area contributed by atoms with Crippen LogP contribution in [0.25, 0.3) is 0 Å². The molecule has 0 bridgehead atoms. The molecule has 0 spiro atoms. The van der Waals surface area contributed by atoms with E-state index in [9.17, 15) is 0 Å². The molecular formula is C9H16N2P+. The summed E-state index contributed by atoms with van der Waals surface area (Å²) in [5, 5.41) is 16.9. The fourth-order valence-corrected chi connectivity index (χ4v) is 3.20. The van der Waals surface area contributed by atoms with E-state index >= 15 is 0 Å². The van der Waals surface area contributed by atoms with Crippen molar-refractivity contribution in [1.82, 2.24) is 0 Å². The Morgan fingerprint density at radius 1 is 1.08 bits per heavy atom. The topological polar surface area (TPSA) is 47.6 Å². The molecular weight excluding hydrogens is 167 g/mol. The molecule has 0 saturated carbocycles. The second-order valence-electron chi connectivity index (χ2n) is 3.20. The SMILES string of the molecule is CC[P+](C)(CCC#N)CCC#N. The Morgan fingerprint density at radius 2 is 1.50 bits per heavy atom. The molecule has 0 aromatic rings. The van der Waals surface area contributed by atoms with Crippen LogP contribution in [0.15, 0.2) is 0 Å². The monoisotopic (exact) mass is 183 g/mol. The van der Waals surface area contributed by atoms with Crippen LogP contribution in [0.5, 0.6) is 0 Å². The van der Waals surface area contributed by atoms with Gasteiger partial charge in [0.25, 0.3) is 0 Å². The normalized spacial score (nSPS) is 10.3. The summed E-state index contributed by atoms with van der Waals surface area (Å²) in [5.74, 6) is 0.